The first-order valence-electron chi connectivity index (χ1n) is 9.92. The van der Waals surface area contributed by atoms with Crippen molar-refractivity contribution in [2.45, 2.75) is 45.1 Å². The monoisotopic (exact) mass is 434 g/mol. The summed E-state index contributed by atoms with van der Waals surface area (Å²) in [6.07, 6.45) is 6.42. The van der Waals surface area contributed by atoms with Crippen LogP contribution in [0.5, 0.6) is 0 Å². The summed E-state index contributed by atoms with van der Waals surface area (Å²) in [5.41, 5.74) is 4.19. The SMILES string of the molecule is CC[C@H](NC(=O)CN(c1cccc(Cl)c1)S(C)(=O)=O)c1ccc2c(c1)CCCC2. The highest BCUT2D eigenvalue weighted by molar-refractivity contribution is 7.92. The van der Waals surface area contributed by atoms with E-state index in [1.807, 2.05) is 6.92 Å². The number of nitrogens with one attached hydrogen (secondary N) is 1. The van der Waals surface area contributed by atoms with Crippen molar-refractivity contribution < 1.29 is 13.2 Å². The van der Waals surface area contributed by atoms with Crippen LogP contribution in [0.25, 0.3) is 0 Å². The van der Waals surface area contributed by atoms with Gasteiger partial charge in [-0.3, -0.25) is 9.10 Å². The molecule has 3 rings (SSSR count). The fraction of sp³-hybridized carbons (Fsp3) is 0.409. The van der Waals surface area contributed by atoms with Gasteiger partial charge in [0.25, 0.3) is 0 Å². The van der Waals surface area contributed by atoms with Crippen molar-refractivity contribution >= 4 is 33.2 Å². The summed E-state index contributed by atoms with van der Waals surface area (Å²) in [5, 5.41) is 3.41. The molecule has 0 fully saturated rings. The number of benzene rings is 2. The third kappa shape index (κ3) is 5.52. The molecule has 0 unspecified atom stereocenters. The van der Waals surface area contributed by atoms with Gasteiger partial charge < -0.3 is 5.32 Å². The summed E-state index contributed by atoms with van der Waals surface area (Å²) in [6, 6.07) is 12.8. The fourth-order valence-corrected chi connectivity index (χ4v) is 4.83. The minimum Gasteiger partial charge on any atom is -0.348 e. The Morgan fingerprint density at radius 3 is 2.52 bits per heavy atom. The number of fused-ring (bicyclic) bond motifs is 1. The van der Waals surface area contributed by atoms with E-state index in [0.717, 1.165) is 35.4 Å². The van der Waals surface area contributed by atoms with E-state index in [-0.39, 0.29) is 18.5 Å². The molecule has 0 saturated heterocycles. The minimum absolute atomic E-state index is 0.157. The van der Waals surface area contributed by atoms with E-state index in [1.54, 1.807) is 18.2 Å². The van der Waals surface area contributed by atoms with Gasteiger partial charge in [0.05, 0.1) is 18.0 Å². The molecule has 0 aliphatic heterocycles. The second kappa shape index (κ2) is 9.18. The van der Waals surface area contributed by atoms with E-state index in [1.165, 1.54) is 30.0 Å². The van der Waals surface area contributed by atoms with Crippen LogP contribution in [-0.4, -0.2) is 27.1 Å². The predicted molar refractivity (Wildman–Crippen MR) is 118 cm³/mol. The number of hydrogen-bond donors (Lipinski definition) is 1. The number of aryl methyl sites for hydroxylation is 2. The quantitative estimate of drug-likeness (QED) is 0.708. The lowest BCUT2D eigenvalue weighted by Gasteiger charge is -2.25. The number of sulfonamides is 1. The highest BCUT2D eigenvalue weighted by Crippen LogP contribution is 2.26. The molecule has 1 amide bonds. The van der Waals surface area contributed by atoms with E-state index < -0.39 is 10.0 Å². The minimum atomic E-state index is -3.64. The highest BCUT2D eigenvalue weighted by atomic mass is 35.5. The topological polar surface area (TPSA) is 66.5 Å². The van der Waals surface area contributed by atoms with Gasteiger partial charge in [-0.05, 0) is 67.0 Å². The first-order chi connectivity index (χ1) is 13.8. The summed E-state index contributed by atoms with van der Waals surface area (Å²) in [5.74, 6) is -0.347. The lowest BCUT2D eigenvalue weighted by atomic mass is 9.89. The zero-order chi connectivity index (χ0) is 21.0. The number of halogens is 1. The normalized spacial score (nSPS) is 14.7. The van der Waals surface area contributed by atoms with E-state index in [2.05, 4.69) is 23.5 Å². The Balaban J connectivity index is 1.76. The molecule has 0 saturated carbocycles. The Morgan fingerprint density at radius 2 is 1.86 bits per heavy atom. The molecule has 0 aromatic heterocycles. The zero-order valence-corrected chi connectivity index (χ0v) is 18.4. The van der Waals surface area contributed by atoms with Gasteiger partial charge >= 0.3 is 0 Å². The maximum atomic E-state index is 12.7. The van der Waals surface area contributed by atoms with E-state index in [0.29, 0.717) is 10.7 Å². The lowest BCUT2D eigenvalue weighted by Crippen LogP contribution is -2.41. The van der Waals surface area contributed by atoms with Crippen LogP contribution in [0.4, 0.5) is 5.69 Å². The lowest BCUT2D eigenvalue weighted by molar-refractivity contribution is -0.120. The molecule has 29 heavy (non-hydrogen) atoms. The third-order valence-corrected chi connectivity index (χ3v) is 6.68. The molecule has 2 aromatic carbocycles. The van der Waals surface area contributed by atoms with Gasteiger partial charge in [-0.25, -0.2) is 8.42 Å². The number of anilines is 1. The summed E-state index contributed by atoms with van der Waals surface area (Å²) < 4.78 is 25.6. The molecule has 7 heteroatoms. The van der Waals surface area contributed by atoms with Crippen molar-refractivity contribution in [1.29, 1.82) is 0 Å². The molecule has 5 nitrogen and oxygen atoms in total. The smallest absolute Gasteiger partial charge is 0.241 e. The predicted octanol–water partition coefficient (Wildman–Crippen LogP) is 4.25. The molecule has 156 valence electrons. The maximum absolute atomic E-state index is 12.7. The average molecular weight is 435 g/mol. The fourth-order valence-electron chi connectivity index (χ4n) is 3.79. The Bertz CT molecular complexity index is 991. The van der Waals surface area contributed by atoms with E-state index in [4.69, 9.17) is 11.6 Å². The highest BCUT2D eigenvalue weighted by Gasteiger charge is 2.23. The van der Waals surface area contributed by atoms with Crippen LogP contribution in [0.3, 0.4) is 0 Å². The van der Waals surface area contributed by atoms with Gasteiger partial charge in [0.1, 0.15) is 6.54 Å². The Kier molecular flexibility index (Phi) is 6.85. The van der Waals surface area contributed by atoms with Crippen LogP contribution >= 0.6 is 11.6 Å². The van der Waals surface area contributed by atoms with E-state index >= 15 is 0 Å². The van der Waals surface area contributed by atoms with Crippen LogP contribution in [0.1, 0.15) is 48.9 Å². The Hall–Kier alpha value is -2.05. The zero-order valence-electron chi connectivity index (χ0n) is 16.8. The van der Waals surface area contributed by atoms with Gasteiger partial charge in [-0.15, -0.1) is 0 Å². The third-order valence-electron chi connectivity index (χ3n) is 5.30. The summed E-state index contributed by atoms with van der Waals surface area (Å²) >= 11 is 6.00. The molecule has 1 aliphatic rings. The maximum Gasteiger partial charge on any atom is 0.241 e. The average Bonchev–Trinajstić information content (AvgIpc) is 2.69. The Labute approximate surface area is 178 Å². The van der Waals surface area contributed by atoms with Crippen LogP contribution in [0.2, 0.25) is 5.02 Å². The summed E-state index contributed by atoms with van der Waals surface area (Å²) in [6.45, 7) is 1.72. The number of carbonyl (C=O) groups is 1. The van der Waals surface area contributed by atoms with Gasteiger partial charge in [-0.2, -0.15) is 0 Å². The molecule has 2 aromatic rings. The van der Waals surface area contributed by atoms with Crippen molar-refractivity contribution in [2.24, 2.45) is 0 Å². The summed E-state index contributed by atoms with van der Waals surface area (Å²) in [4.78, 5) is 12.7. The van der Waals surface area contributed by atoms with Gasteiger partial charge in [0.15, 0.2) is 0 Å². The molecule has 0 spiro atoms. The first kappa shape index (κ1) is 21.7. The number of nitrogens with zero attached hydrogens (tertiary/aromatic N) is 1. The molecular formula is C22H27ClN2O3S. The first-order valence-corrected chi connectivity index (χ1v) is 12.1. The number of amides is 1. The Morgan fingerprint density at radius 1 is 1.14 bits per heavy atom. The van der Waals surface area contributed by atoms with Crippen molar-refractivity contribution in [1.82, 2.24) is 5.32 Å². The van der Waals surface area contributed by atoms with Gasteiger partial charge in [-0.1, -0.05) is 42.8 Å². The molecule has 1 atom stereocenters. The molecular weight excluding hydrogens is 408 g/mol. The van der Waals surface area contributed by atoms with Gasteiger partial charge in [0.2, 0.25) is 15.9 Å². The van der Waals surface area contributed by atoms with Crippen molar-refractivity contribution in [2.75, 3.05) is 17.1 Å². The van der Waals surface area contributed by atoms with Crippen LogP contribution < -0.4 is 9.62 Å². The van der Waals surface area contributed by atoms with Crippen molar-refractivity contribution in [3.05, 3.63) is 64.2 Å². The van der Waals surface area contributed by atoms with Crippen LogP contribution in [0, 0.1) is 0 Å². The standard InChI is InChI=1S/C22H27ClN2O3S/c1-3-21(18-12-11-16-7-4-5-8-17(16)13-18)24-22(26)15-25(29(2,27)28)20-10-6-9-19(23)14-20/h6,9-14,21H,3-5,7-8,15H2,1-2H3,(H,24,26)/t21-/m0/s1. The van der Waals surface area contributed by atoms with Crippen LogP contribution in [-0.2, 0) is 27.7 Å². The van der Waals surface area contributed by atoms with Crippen LogP contribution in [0.15, 0.2) is 42.5 Å². The van der Waals surface area contributed by atoms with Crippen molar-refractivity contribution in [3.8, 4) is 0 Å². The molecule has 0 heterocycles. The molecule has 1 N–H and O–H groups in total. The largest absolute Gasteiger partial charge is 0.348 e. The molecule has 0 bridgehead atoms. The molecule has 0 radical (unpaired) electrons. The van der Waals surface area contributed by atoms with E-state index in [9.17, 15) is 13.2 Å². The number of hydrogen-bond acceptors (Lipinski definition) is 3. The van der Waals surface area contributed by atoms with Crippen molar-refractivity contribution in [3.63, 3.8) is 0 Å². The summed E-state index contributed by atoms with van der Waals surface area (Å²) in [7, 11) is -3.64. The second-order valence-electron chi connectivity index (χ2n) is 7.51. The number of carbonyl (C=O) groups excluding carboxylic acids is 1. The van der Waals surface area contributed by atoms with Gasteiger partial charge in [0, 0.05) is 5.02 Å². The number of rotatable bonds is 7. The molecule has 1 aliphatic carbocycles. The second-order valence-corrected chi connectivity index (χ2v) is 9.86.